The van der Waals surface area contributed by atoms with Gasteiger partial charge in [0.2, 0.25) is 0 Å². The van der Waals surface area contributed by atoms with E-state index in [0.717, 1.165) is 45.0 Å². The lowest BCUT2D eigenvalue weighted by atomic mass is 9.91. The van der Waals surface area contributed by atoms with Gasteiger partial charge in [-0.2, -0.15) is 0 Å². The standard InChI is InChI=1S/C21H20N2.C6H12/c1-6-18-12-21(17(5)23-13-18)20(7-2)16(4)19-9-8-15(3)10-11-22-14-19;1-6-4-2-3-5-6/h1,7-14,22H,3-4H2,2,5H3;6H,2-5H2,1H3/b9-8-,11-10-,19-14+,20-7-;. The maximum Gasteiger partial charge on any atom is 0.0451 e. The van der Waals surface area contributed by atoms with Gasteiger partial charge < -0.3 is 5.32 Å². The predicted octanol–water partition coefficient (Wildman–Crippen LogP) is 6.64. The SMILES string of the molecule is C#Cc1cnc(C)c(/C(=C\C)C(=C)C2=C/N/C=C\C(=C)/C=C\2)c1.CC1CCCC1. The highest BCUT2D eigenvalue weighted by molar-refractivity contribution is 5.85. The molecule has 0 unspecified atom stereocenters. The predicted molar refractivity (Wildman–Crippen MR) is 126 cm³/mol. The first kappa shape index (κ1) is 22.2. The lowest BCUT2D eigenvalue weighted by Crippen LogP contribution is -2.02. The summed E-state index contributed by atoms with van der Waals surface area (Å²) in [5, 5.41) is 3.13. The Balaban J connectivity index is 0.000000426. The van der Waals surface area contributed by atoms with Crippen molar-refractivity contribution >= 4 is 5.57 Å². The van der Waals surface area contributed by atoms with Crippen molar-refractivity contribution in [2.45, 2.75) is 46.5 Å². The van der Waals surface area contributed by atoms with E-state index in [9.17, 15) is 0 Å². The number of nitrogens with zero attached hydrogens (tertiary/aromatic N) is 1. The molecule has 2 heteroatoms. The summed E-state index contributed by atoms with van der Waals surface area (Å²) in [5.74, 6) is 3.68. The number of rotatable bonds is 3. The Morgan fingerprint density at radius 2 is 2.00 bits per heavy atom. The van der Waals surface area contributed by atoms with E-state index >= 15 is 0 Å². The molecule has 1 aliphatic carbocycles. The zero-order valence-corrected chi connectivity index (χ0v) is 18.0. The summed E-state index contributed by atoms with van der Waals surface area (Å²) in [6, 6.07) is 1.97. The highest BCUT2D eigenvalue weighted by atomic mass is 14.8. The molecule has 1 aliphatic heterocycles. The van der Waals surface area contributed by atoms with E-state index < -0.39 is 0 Å². The molecule has 1 N–H and O–H groups in total. The molecule has 0 spiro atoms. The van der Waals surface area contributed by atoms with Crippen molar-refractivity contribution in [3.05, 3.63) is 95.7 Å². The Labute approximate surface area is 176 Å². The number of terminal acetylenes is 1. The van der Waals surface area contributed by atoms with Gasteiger partial charge in [-0.25, -0.2) is 0 Å². The van der Waals surface area contributed by atoms with Crippen LogP contribution in [0.25, 0.3) is 5.57 Å². The molecule has 0 aromatic carbocycles. The van der Waals surface area contributed by atoms with Gasteiger partial charge >= 0.3 is 0 Å². The molecule has 1 aromatic rings. The molecule has 2 nitrogen and oxygen atoms in total. The molecule has 0 saturated heterocycles. The molecule has 29 heavy (non-hydrogen) atoms. The molecule has 1 aromatic heterocycles. The normalized spacial score (nSPS) is 20.7. The first-order valence-electron chi connectivity index (χ1n) is 10.3. The van der Waals surface area contributed by atoms with Gasteiger partial charge in [-0.3, -0.25) is 4.98 Å². The van der Waals surface area contributed by atoms with Crippen LogP contribution >= 0.6 is 0 Å². The van der Waals surface area contributed by atoms with Crippen LogP contribution in [0, 0.1) is 25.2 Å². The maximum absolute atomic E-state index is 5.50. The Hall–Kier alpha value is -3.05. The van der Waals surface area contributed by atoms with E-state index in [1.807, 2.05) is 56.6 Å². The highest BCUT2D eigenvalue weighted by Crippen LogP contribution is 2.30. The summed E-state index contributed by atoms with van der Waals surface area (Å²) >= 11 is 0. The fourth-order valence-corrected chi connectivity index (χ4v) is 3.44. The summed E-state index contributed by atoms with van der Waals surface area (Å²) in [6.45, 7) is 14.5. The minimum absolute atomic E-state index is 0.759. The number of hydrogen-bond acceptors (Lipinski definition) is 2. The Morgan fingerprint density at radius 1 is 1.28 bits per heavy atom. The summed E-state index contributed by atoms with van der Waals surface area (Å²) in [4.78, 5) is 4.39. The van der Waals surface area contributed by atoms with Gasteiger partial charge in [0.25, 0.3) is 0 Å². The molecule has 1 fully saturated rings. The summed E-state index contributed by atoms with van der Waals surface area (Å²) < 4.78 is 0. The van der Waals surface area contributed by atoms with E-state index in [1.54, 1.807) is 6.20 Å². The number of nitrogens with one attached hydrogen (secondary N) is 1. The molecular weight excluding hydrogens is 352 g/mol. The van der Waals surface area contributed by atoms with E-state index in [2.05, 4.69) is 36.3 Å². The van der Waals surface area contributed by atoms with Gasteiger partial charge in [-0.15, -0.1) is 6.42 Å². The second-order valence-corrected chi connectivity index (χ2v) is 7.58. The largest absolute Gasteiger partial charge is 0.367 e. The van der Waals surface area contributed by atoms with Crippen molar-refractivity contribution in [2.24, 2.45) is 5.92 Å². The Morgan fingerprint density at radius 3 is 2.59 bits per heavy atom. The van der Waals surface area contributed by atoms with Crippen LogP contribution in [0.15, 0.2) is 78.8 Å². The molecule has 3 rings (SSSR count). The molecular formula is C27H32N2. The minimum atomic E-state index is 0.759. The van der Waals surface area contributed by atoms with Crippen molar-refractivity contribution in [1.29, 1.82) is 0 Å². The average molecular weight is 385 g/mol. The van der Waals surface area contributed by atoms with Crippen molar-refractivity contribution in [2.75, 3.05) is 0 Å². The second-order valence-electron chi connectivity index (χ2n) is 7.58. The monoisotopic (exact) mass is 384 g/mol. The fraction of sp³-hybridized carbons (Fsp3) is 0.296. The quantitative estimate of drug-likeness (QED) is 0.467. The maximum atomic E-state index is 5.50. The summed E-state index contributed by atoms with van der Waals surface area (Å²) in [5.41, 5.74) is 6.50. The zero-order chi connectivity index (χ0) is 21.2. The number of pyridine rings is 1. The molecule has 150 valence electrons. The fourth-order valence-electron chi connectivity index (χ4n) is 3.44. The van der Waals surface area contributed by atoms with E-state index in [0.29, 0.717) is 0 Å². The second kappa shape index (κ2) is 11.1. The van der Waals surface area contributed by atoms with Gasteiger partial charge in [0.1, 0.15) is 0 Å². The van der Waals surface area contributed by atoms with Crippen molar-refractivity contribution < 1.29 is 0 Å². The van der Waals surface area contributed by atoms with E-state index in [4.69, 9.17) is 6.42 Å². The number of hydrogen-bond donors (Lipinski definition) is 1. The third kappa shape index (κ3) is 6.50. The first-order chi connectivity index (χ1) is 14.0. The third-order valence-corrected chi connectivity index (χ3v) is 5.26. The topological polar surface area (TPSA) is 24.9 Å². The molecule has 2 aliphatic rings. The van der Waals surface area contributed by atoms with Gasteiger partial charge in [-0.05, 0) is 54.2 Å². The summed E-state index contributed by atoms with van der Waals surface area (Å²) in [6.07, 6.45) is 24.8. The van der Waals surface area contributed by atoms with Crippen LogP contribution in [0.3, 0.4) is 0 Å². The smallest absolute Gasteiger partial charge is 0.0451 e. The van der Waals surface area contributed by atoms with Crippen LogP contribution in [0.4, 0.5) is 0 Å². The molecule has 2 heterocycles. The zero-order valence-electron chi connectivity index (χ0n) is 18.0. The van der Waals surface area contributed by atoms with Gasteiger partial charge in [-0.1, -0.05) is 69.9 Å². The highest BCUT2D eigenvalue weighted by Gasteiger charge is 2.12. The Bertz CT molecular complexity index is 910. The van der Waals surface area contributed by atoms with Crippen LogP contribution in [-0.4, -0.2) is 4.98 Å². The van der Waals surface area contributed by atoms with Crippen LogP contribution in [-0.2, 0) is 0 Å². The Kier molecular flexibility index (Phi) is 8.49. The number of aryl methyl sites for hydroxylation is 1. The average Bonchev–Trinajstić information content (AvgIpc) is 3.18. The van der Waals surface area contributed by atoms with Crippen LogP contribution in [0.5, 0.6) is 0 Å². The molecule has 1 saturated carbocycles. The van der Waals surface area contributed by atoms with Crippen molar-refractivity contribution in [1.82, 2.24) is 10.3 Å². The molecule has 0 radical (unpaired) electrons. The van der Waals surface area contributed by atoms with Gasteiger partial charge in [0.05, 0.1) is 0 Å². The lowest BCUT2D eigenvalue weighted by Gasteiger charge is -2.15. The van der Waals surface area contributed by atoms with Gasteiger partial charge in [0, 0.05) is 35.4 Å². The van der Waals surface area contributed by atoms with Gasteiger partial charge in [0.15, 0.2) is 0 Å². The lowest BCUT2D eigenvalue weighted by molar-refractivity contribution is 0.612. The van der Waals surface area contributed by atoms with Crippen LogP contribution in [0.2, 0.25) is 0 Å². The first-order valence-corrected chi connectivity index (χ1v) is 10.3. The van der Waals surface area contributed by atoms with E-state index in [1.165, 1.54) is 25.7 Å². The minimum Gasteiger partial charge on any atom is -0.367 e. The van der Waals surface area contributed by atoms with Crippen LogP contribution in [0.1, 0.15) is 56.4 Å². The number of aromatic nitrogens is 1. The van der Waals surface area contributed by atoms with E-state index in [-0.39, 0.29) is 0 Å². The van der Waals surface area contributed by atoms with Crippen LogP contribution < -0.4 is 5.32 Å². The van der Waals surface area contributed by atoms with Crippen molar-refractivity contribution in [3.63, 3.8) is 0 Å². The molecule has 0 atom stereocenters. The third-order valence-electron chi connectivity index (χ3n) is 5.26. The molecule has 0 bridgehead atoms. The molecule has 0 amide bonds. The summed E-state index contributed by atoms with van der Waals surface area (Å²) in [7, 11) is 0. The number of allylic oxidation sites excluding steroid dienone is 8. The van der Waals surface area contributed by atoms with Crippen molar-refractivity contribution in [3.8, 4) is 12.3 Å².